The summed E-state index contributed by atoms with van der Waals surface area (Å²) in [6, 6.07) is 4.65. The maximum Gasteiger partial charge on any atom is 0.355 e. The molecule has 2 saturated carbocycles. The second-order valence-corrected chi connectivity index (χ2v) is 12.5. The number of carbonyl (C=O) groups excluding carboxylic acids is 1. The molecule has 2 atom stereocenters. The van der Waals surface area contributed by atoms with Crippen molar-refractivity contribution in [3.63, 3.8) is 0 Å². The fourth-order valence-corrected chi connectivity index (χ4v) is 6.50. The van der Waals surface area contributed by atoms with Gasteiger partial charge in [-0.05, 0) is 57.7 Å². The van der Waals surface area contributed by atoms with Crippen LogP contribution in [0, 0.1) is 5.82 Å². The Bertz CT molecular complexity index is 1910. The van der Waals surface area contributed by atoms with Crippen LogP contribution in [0.2, 0.25) is 5.02 Å². The number of anilines is 1. The van der Waals surface area contributed by atoms with Crippen LogP contribution in [0.4, 0.5) is 14.6 Å². The van der Waals surface area contributed by atoms with E-state index in [0.717, 1.165) is 37.1 Å². The molecule has 0 radical (unpaired) electrons. The largest absolute Gasteiger partial charge is 0.507 e. The first-order valence-electron chi connectivity index (χ1n) is 14.9. The average Bonchev–Trinajstić information content (AvgIpc) is 3.92. The maximum absolute atomic E-state index is 15.2. The molecule has 1 N–H and O–H groups in total. The van der Waals surface area contributed by atoms with Gasteiger partial charge < -0.3 is 14.9 Å². The lowest BCUT2D eigenvalue weighted by Gasteiger charge is -2.44. The van der Waals surface area contributed by atoms with Gasteiger partial charge in [0.1, 0.15) is 23.7 Å². The molecule has 0 bridgehead atoms. The molecule has 3 aliphatic rings. The molecule has 0 spiro atoms. The number of carbonyl (C=O) groups is 1. The third-order valence-electron chi connectivity index (χ3n) is 8.81. The van der Waals surface area contributed by atoms with Crippen molar-refractivity contribution in [2.75, 3.05) is 18.0 Å². The van der Waals surface area contributed by atoms with Gasteiger partial charge in [0.25, 0.3) is 5.91 Å². The quantitative estimate of drug-likeness (QED) is 0.281. The van der Waals surface area contributed by atoms with E-state index in [2.05, 4.69) is 21.5 Å². The lowest BCUT2D eigenvalue weighted by atomic mass is 10.1. The minimum absolute atomic E-state index is 0.0357. The summed E-state index contributed by atoms with van der Waals surface area (Å²) >= 11 is 6.78. The molecule has 232 valence electrons. The van der Waals surface area contributed by atoms with Crippen LogP contribution < -0.4 is 10.6 Å². The number of rotatable bonds is 6. The molecule has 45 heavy (non-hydrogen) atoms. The molecule has 1 amide bonds. The van der Waals surface area contributed by atoms with Crippen LogP contribution in [0.25, 0.3) is 28.0 Å². The minimum Gasteiger partial charge on any atom is -0.507 e. The summed E-state index contributed by atoms with van der Waals surface area (Å²) in [5.41, 5.74) is 1.28. The zero-order valence-corrected chi connectivity index (χ0v) is 25.4. The smallest absolute Gasteiger partial charge is 0.355 e. The van der Waals surface area contributed by atoms with E-state index < -0.39 is 29.3 Å². The Morgan fingerprint density at radius 2 is 1.71 bits per heavy atom. The highest BCUT2D eigenvalue weighted by atomic mass is 35.5. The van der Waals surface area contributed by atoms with Gasteiger partial charge in [-0.15, -0.1) is 0 Å². The van der Waals surface area contributed by atoms with Gasteiger partial charge in [-0.3, -0.25) is 4.79 Å². The highest BCUT2D eigenvalue weighted by Crippen LogP contribution is 2.48. The van der Waals surface area contributed by atoms with Gasteiger partial charge in [0.15, 0.2) is 11.5 Å². The van der Waals surface area contributed by atoms with Crippen molar-refractivity contribution in [2.24, 2.45) is 0 Å². The van der Waals surface area contributed by atoms with E-state index in [1.165, 1.54) is 34.0 Å². The number of aromatic nitrogens is 5. The Morgan fingerprint density at radius 1 is 1.04 bits per heavy atom. The van der Waals surface area contributed by atoms with Crippen LogP contribution in [0.5, 0.6) is 5.75 Å². The van der Waals surface area contributed by atoms with E-state index >= 15 is 4.39 Å². The molecule has 4 aromatic rings. The molecular weight excluding hydrogens is 604 g/mol. The number of piperazine rings is 1. The first kappa shape index (κ1) is 29.3. The third kappa shape index (κ3) is 5.01. The number of aromatic hydroxyl groups is 1. The molecule has 2 aliphatic carbocycles. The Hall–Kier alpha value is -4.45. The van der Waals surface area contributed by atoms with Crippen molar-refractivity contribution in [2.45, 2.75) is 63.5 Å². The second-order valence-electron chi connectivity index (χ2n) is 12.1. The van der Waals surface area contributed by atoms with Crippen molar-refractivity contribution in [1.29, 1.82) is 0 Å². The summed E-state index contributed by atoms with van der Waals surface area (Å²) in [6.45, 7) is 7.16. The Kier molecular flexibility index (Phi) is 7.07. The number of pyridine rings is 1. The summed E-state index contributed by atoms with van der Waals surface area (Å²) in [5.74, 6) is -2.34. The van der Waals surface area contributed by atoms with Gasteiger partial charge >= 0.3 is 5.69 Å². The zero-order valence-electron chi connectivity index (χ0n) is 24.7. The van der Waals surface area contributed by atoms with Gasteiger partial charge in [-0.25, -0.2) is 33.1 Å². The molecule has 0 unspecified atom stereocenters. The number of amides is 1. The minimum atomic E-state index is -1.04. The van der Waals surface area contributed by atoms with Crippen LogP contribution in [0.15, 0.2) is 47.8 Å². The summed E-state index contributed by atoms with van der Waals surface area (Å²) < 4.78 is 30.4. The predicted molar refractivity (Wildman–Crippen MR) is 165 cm³/mol. The van der Waals surface area contributed by atoms with Crippen LogP contribution >= 0.6 is 11.6 Å². The fraction of sp³-hybridized carbons (Fsp3) is 0.375. The van der Waals surface area contributed by atoms with Crippen molar-refractivity contribution in [3.05, 3.63) is 75.7 Å². The average molecular weight is 634 g/mol. The molecule has 13 heteroatoms. The van der Waals surface area contributed by atoms with E-state index in [0.29, 0.717) is 11.1 Å². The molecule has 4 heterocycles. The maximum atomic E-state index is 15.2. The van der Waals surface area contributed by atoms with Gasteiger partial charge in [0.05, 0.1) is 38.7 Å². The molecule has 1 saturated heterocycles. The van der Waals surface area contributed by atoms with Crippen LogP contribution in [0.3, 0.4) is 0 Å². The Balaban J connectivity index is 1.49. The molecule has 3 aromatic heterocycles. The van der Waals surface area contributed by atoms with E-state index in [-0.39, 0.29) is 64.5 Å². The highest BCUT2D eigenvalue weighted by molar-refractivity contribution is 6.34. The van der Waals surface area contributed by atoms with E-state index in [1.54, 1.807) is 13.0 Å². The summed E-state index contributed by atoms with van der Waals surface area (Å²) in [6.07, 6.45) is 5.21. The molecule has 3 fully saturated rings. The third-order valence-corrected chi connectivity index (χ3v) is 9.10. The number of halogens is 3. The van der Waals surface area contributed by atoms with Crippen LogP contribution in [0.1, 0.15) is 62.8 Å². The molecular formula is C32H30ClF2N7O3. The van der Waals surface area contributed by atoms with Gasteiger partial charge in [0.2, 0.25) is 0 Å². The Morgan fingerprint density at radius 3 is 2.31 bits per heavy atom. The topological polar surface area (TPSA) is 117 Å². The lowest BCUT2D eigenvalue weighted by molar-refractivity contribution is -0.131. The fourth-order valence-electron chi connectivity index (χ4n) is 6.26. The molecule has 1 aliphatic heterocycles. The number of phenolic OH excluding ortho intramolecular Hbond substituents is 1. The number of hydrogen-bond donors (Lipinski definition) is 1. The first-order chi connectivity index (χ1) is 21.5. The number of nitrogens with zero attached hydrogens (tertiary/aromatic N) is 7. The predicted octanol–water partition coefficient (Wildman–Crippen LogP) is 5.40. The number of phenols is 1. The van der Waals surface area contributed by atoms with Gasteiger partial charge in [-0.1, -0.05) is 24.2 Å². The normalized spacial score (nSPS) is 20.1. The van der Waals surface area contributed by atoms with Gasteiger partial charge in [0, 0.05) is 37.0 Å². The van der Waals surface area contributed by atoms with Gasteiger partial charge in [-0.2, -0.15) is 4.98 Å². The summed E-state index contributed by atoms with van der Waals surface area (Å²) in [5, 5.41) is 11.1. The first-order valence-corrected chi connectivity index (χ1v) is 15.3. The van der Waals surface area contributed by atoms with Crippen molar-refractivity contribution in [1.82, 2.24) is 29.4 Å². The van der Waals surface area contributed by atoms with E-state index in [9.17, 15) is 19.1 Å². The monoisotopic (exact) mass is 633 g/mol. The summed E-state index contributed by atoms with van der Waals surface area (Å²) in [7, 11) is 0. The van der Waals surface area contributed by atoms with E-state index in [4.69, 9.17) is 16.6 Å². The number of benzene rings is 1. The molecule has 1 aromatic carbocycles. The van der Waals surface area contributed by atoms with Crippen LogP contribution in [-0.2, 0) is 4.79 Å². The number of hydrogen-bond acceptors (Lipinski definition) is 8. The Labute approximate surface area is 262 Å². The van der Waals surface area contributed by atoms with Crippen molar-refractivity contribution >= 4 is 34.4 Å². The highest BCUT2D eigenvalue weighted by Gasteiger charge is 2.38. The molecule has 7 rings (SSSR count). The standard InChI is InChI=1S/C32H30ClF2N7O3/c1-15-13-41(31(44)17(3)34)16(2)12-40(15)29-20-11-21(33)27(24-22(35)5-4-6-23(24)43)38-30(20)42(32(45)39-29)28-25(18-7-8-18)36-14-37-26(28)19-9-10-19/h4-6,11,14-16,18-19,43H,3,7-10,12-13H2,1-2H3/t15-,16+/m0/s1. The zero-order chi connectivity index (χ0) is 31.7. The second kappa shape index (κ2) is 10.9. The van der Waals surface area contributed by atoms with Crippen LogP contribution in [-0.4, -0.2) is 65.6 Å². The van der Waals surface area contributed by atoms with Crippen molar-refractivity contribution in [3.8, 4) is 22.7 Å². The van der Waals surface area contributed by atoms with E-state index in [1.807, 2.05) is 11.8 Å². The summed E-state index contributed by atoms with van der Waals surface area (Å²) in [4.78, 5) is 48.6. The number of fused-ring (bicyclic) bond motifs is 1. The molecule has 10 nitrogen and oxygen atoms in total. The van der Waals surface area contributed by atoms with Crippen molar-refractivity contribution < 1.29 is 18.7 Å². The lowest BCUT2D eigenvalue weighted by Crippen LogP contribution is -2.58. The SMILES string of the molecule is C=C(F)C(=O)N1C[C@H](C)N(c2nc(=O)n(-c3c(C4CC4)ncnc3C3CC3)c3nc(-c4c(O)cccc4F)c(Cl)cc23)C[C@H]1C.